The molecule has 0 radical (unpaired) electrons. The molecule has 5 heteroatoms. The Morgan fingerprint density at radius 1 is 1.19 bits per heavy atom. The van der Waals surface area contributed by atoms with Crippen LogP contribution >= 0.6 is 11.3 Å². The molecule has 0 bridgehead atoms. The first-order valence-corrected chi connectivity index (χ1v) is 10.1. The third kappa shape index (κ3) is 3.58. The number of carbonyl (C=O) groups is 2. The first-order chi connectivity index (χ1) is 12.7. The number of nitrogens with one attached hydrogen (secondary N) is 1. The van der Waals surface area contributed by atoms with Crippen molar-refractivity contribution in [1.82, 2.24) is 0 Å². The van der Waals surface area contributed by atoms with Crippen molar-refractivity contribution in [3.05, 3.63) is 52.2 Å². The van der Waals surface area contributed by atoms with Crippen LogP contribution < -0.4 is 10.2 Å². The molecule has 1 aromatic heterocycles. The molecule has 1 aliphatic heterocycles. The maximum absolute atomic E-state index is 12.8. The Bertz CT molecular complexity index is 836. The number of benzene rings is 1. The normalized spacial score (nSPS) is 17.0. The van der Waals surface area contributed by atoms with E-state index in [1.54, 1.807) is 17.4 Å². The quantitative estimate of drug-likeness (QED) is 0.811. The third-order valence-electron chi connectivity index (χ3n) is 5.16. The number of nitrogens with zero attached hydrogens (tertiary/aromatic N) is 1. The summed E-state index contributed by atoms with van der Waals surface area (Å²) in [4.78, 5) is 27.9. The largest absolute Gasteiger partial charge is 0.322 e. The van der Waals surface area contributed by atoms with Gasteiger partial charge in [0.2, 0.25) is 11.8 Å². The van der Waals surface area contributed by atoms with E-state index in [9.17, 15) is 9.59 Å². The van der Waals surface area contributed by atoms with Crippen LogP contribution in [0, 0.1) is 5.92 Å². The van der Waals surface area contributed by atoms with Gasteiger partial charge in [0.1, 0.15) is 0 Å². The molecule has 0 atom stereocenters. The SMILES string of the molecule is O=C(C=Cc1cccs1)Nc1ccc2c(c1)N(C(=O)C1CCCC1)CC2. The molecule has 2 aliphatic rings. The minimum absolute atomic E-state index is 0.162. The fourth-order valence-corrected chi connectivity index (χ4v) is 4.42. The van der Waals surface area contributed by atoms with Crippen LogP contribution in [0.5, 0.6) is 0 Å². The molecule has 2 heterocycles. The maximum atomic E-state index is 12.8. The number of hydrogen-bond acceptors (Lipinski definition) is 3. The highest BCUT2D eigenvalue weighted by atomic mass is 32.1. The smallest absolute Gasteiger partial charge is 0.248 e. The first kappa shape index (κ1) is 17.0. The molecule has 0 saturated heterocycles. The number of amides is 2. The van der Waals surface area contributed by atoms with Gasteiger partial charge in [-0.3, -0.25) is 9.59 Å². The standard InChI is InChI=1S/C21H22N2O2S/c24-20(10-9-18-6-3-13-26-18)22-17-8-7-15-11-12-23(19(15)14-17)21(25)16-4-1-2-5-16/h3,6-10,13-14,16H,1-2,4-5,11-12H2,(H,22,24). The van der Waals surface area contributed by atoms with Gasteiger partial charge in [0, 0.05) is 34.8 Å². The zero-order valence-electron chi connectivity index (χ0n) is 14.6. The zero-order valence-corrected chi connectivity index (χ0v) is 15.4. The monoisotopic (exact) mass is 366 g/mol. The molecule has 26 heavy (non-hydrogen) atoms. The van der Waals surface area contributed by atoms with Gasteiger partial charge in [-0.05, 0) is 54.5 Å². The Balaban J connectivity index is 1.47. The van der Waals surface area contributed by atoms with Gasteiger partial charge in [0.05, 0.1) is 0 Å². The maximum Gasteiger partial charge on any atom is 0.248 e. The zero-order chi connectivity index (χ0) is 17.9. The summed E-state index contributed by atoms with van der Waals surface area (Å²) in [6, 6.07) is 9.80. The van der Waals surface area contributed by atoms with Crippen LogP contribution in [0.3, 0.4) is 0 Å². The Hall–Kier alpha value is -2.40. The molecule has 134 valence electrons. The van der Waals surface area contributed by atoms with Crippen molar-refractivity contribution in [3.8, 4) is 0 Å². The number of rotatable bonds is 4. The van der Waals surface area contributed by atoms with E-state index in [0.29, 0.717) is 0 Å². The summed E-state index contributed by atoms with van der Waals surface area (Å²) in [6.45, 7) is 0.750. The highest BCUT2D eigenvalue weighted by Gasteiger charge is 2.31. The highest BCUT2D eigenvalue weighted by Crippen LogP contribution is 2.35. The summed E-state index contributed by atoms with van der Waals surface area (Å²) >= 11 is 1.59. The summed E-state index contributed by atoms with van der Waals surface area (Å²) in [7, 11) is 0. The Morgan fingerprint density at radius 2 is 2.04 bits per heavy atom. The van der Waals surface area contributed by atoms with E-state index < -0.39 is 0 Å². The van der Waals surface area contributed by atoms with Crippen molar-refractivity contribution >= 4 is 40.6 Å². The number of thiophene rings is 1. The second-order valence-corrected chi connectivity index (χ2v) is 7.88. The molecule has 1 N–H and O–H groups in total. The van der Waals surface area contributed by atoms with Gasteiger partial charge in [-0.1, -0.05) is 25.0 Å². The number of fused-ring (bicyclic) bond motifs is 1. The fraction of sp³-hybridized carbons (Fsp3) is 0.333. The van der Waals surface area contributed by atoms with E-state index in [2.05, 4.69) is 5.32 Å². The highest BCUT2D eigenvalue weighted by molar-refractivity contribution is 7.10. The summed E-state index contributed by atoms with van der Waals surface area (Å²) in [5.41, 5.74) is 2.88. The Morgan fingerprint density at radius 3 is 2.81 bits per heavy atom. The van der Waals surface area contributed by atoms with Crippen LogP contribution in [-0.2, 0) is 16.0 Å². The average Bonchev–Trinajstić information content (AvgIpc) is 3.40. The van der Waals surface area contributed by atoms with E-state index in [-0.39, 0.29) is 17.7 Å². The Labute approximate surface area is 157 Å². The molecule has 1 aromatic carbocycles. The van der Waals surface area contributed by atoms with Gasteiger partial charge in [-0.2, -0.15) is 0 Å². The van der Waals surface area contributed by atoms with Crippen LogP contribution in [0.4, 0.5) is 11.4 Å². The van der Waals surface area contributed by atoms with Gasteiger partial charge < -0.3 is 10.2 Å². The van der Waals surface area contributed by atoms with Crippen molar-refractivity contribution in [3.63, 3.8) is 0 Å². The minimum atomic E-state index is -0.162. The minimum Gasteiger partial charge on any atom is -0.322 e. The van der Waals surface area contributed by atoms with Crippen molar-refractivity contribution < 1.29 is 9.59 Å². The lowest BCUT2D eigenvalue weighted by atomic mass is 10.1. The molecule has 4 nitrogen and oxygen atoms in total. The first-order valence-electron chi connectivity index (χ1n) is 9.17. The van der Waals surface area contributed by atoms with Gasteiger partial charge >= 0.3 is 0 Å². The van der Waals surface area contributed by atoms with Crippen molar-refractivity contribution in [2.24, 2.45) is 5.92 Å². The summed E-state index contributed by atoms with van der Waals surface area (Å²) in [6.07, 6.45) is 8.57. The molecular formula is C21H22N2O2S. The number of anilines is 2. The van der Waals surface area contributed by atoms with E-state index >= 15 is 0 Å². The molecule has 2 aromatic rings. The summed E-state index contributed by atoms with van der Waals surface area (Å²) in [5, 5.41) is 4.88. The lowest BCUT2D eigenvalue weighted by Gasteiger charge is -2.21. The predicted octanol–water partition coefficient (Wildman–Crippen LogP) is 4.48. The fourth-order valence-electron chi connectivity index (χ4n) is 3.81. The molecule has 4 rings (SSSR count). The molecule has 0 unspecified atom stereocenters. The number of hydrogen-bond donors (Lipinski definition) is 1. The van der Waals surface area contributed by atoms with Gasteiger partial charge in [-0.25, -0.2) is 0 Å². The van der Waals surface area contributed by atoms with Crippen molar-refractivity contribution in [2.45, 2.75) is 32.1 Å². The topological polar surface area (TPSA) is 49.4 Å². The Kier molecular flexibility index (Phi) is 4.89. The van der Waals surface area contributed by atoms with Crippen molar-refractivity contribution in [2.75, 3.05) is 16.8 Å². The molecule has 1 saturated carbocycles. The molecular weight excluding hydrogens is 344 g/mol. The van der Waals surface area contributed by atoms with E-state index in [1.807, 2.05) is 46.7 Å². The summed E-state index contributed by atoms with van der Waals surface area (Å²) in [5.74, 6) is 0.264. The average molecular weight is 366 g/mol. The van der Waals surface area contributed by atoms with E-state index in [1.165, 1.54) is 5.56 Å². The second-order valence-electron chi connectivity index (χ2n) is 6.90. The van der Waals surface area contributed by atoms with Crippen LogP contribution in [0.15, 0.2) is 41.8 Å². The van der Waals surface area contributed by atoms with Crippen LogP contribution in [0.25, 0.3) is 6.08 Å². The second kappa shape index (κ2) is 7.46. The third-order valence-corrected chi connectivity index (χ3v) is 6.00. The molecule has 2 amide bonds. The van der Waals surface area contributed by atoms with E-state index in [4.69, 9.17) is 0 Å². The van der Waals surface area contributed by atoms with Gasteiger partial charge in [-0.15, -0.1) is 11.3 Å². The lowest BCUT2D eigenvalue weighted by molar-refractivity contribution is -0.122. The van der Waals surface area contributed by atoms with Gasteiger partial charge in [0.25, 0.3) is 0 Å². The van der Waals surface area contributed by atoms with Crippen molar-refractivity contribution in [1.29, 1.82) is 0 Å². The van der Waals surface area contributed by atoms with E-state index in [0.717, 1.165) is 54.9 Å². The molecule has 1 fully saturated rings. The van der Waals surface area contributed by atoms with Gasteiger partial charge in [0.15, 0.2) is 0 Å². The molecule has 1 aliphatic carbocycles. The predicted molar refractivity (Wildman–Crippen MR) is 106 cm³/mol. The van der Waals surface area contributed by atoms with Crippen LogP contribution in [0.2, 0.25) is 0 Å². The summed E-state index contributed by atoms with van der Waals surface area (Å²) < 4.78 is 0. The van der Waals surface area contributed by atoms with Crippen LogP contribution in [0.1, 0.15) is 36.1 Å². The van der Waals surface area contributed by atoms with Crippen LogP contribution in [-0.4, -0.2) is 18.4 Å². The molecule has 0 spiro atoms. The lowest BCUT2D eigenvalue weighted by Crippen LogP contribution is -2.33. The number of carbonyl (C=O) groups excluding carboxylic acids is 2.